The first-order valence-corrected chi connectivity index (χ1v) is 14.2. The number of quaternary nitrogens is 1. The van der Waals surface area contributed by atoms with Crippen LogP contribution in [0.4, 0.5) is 10.5 Å². The average molecular weight is 568 g/mol. The van der Waals surface area contributed by atoms with Crippen molar-refractivity contribution >= 4 is 28.6 Å². The van der Waals surface area contributed by atoms with Crippen molar-refractivity contribution in [2.45, 2.75) is 51.6 Å². The molecule has 2 amide bonds. The number of aromatic nitrogens is 6. The molecule has 1 aliphatic rings. The first-order valence-electron chi connectivity index (χ1n) is 14.2. The van der Waals surface area contributed by atoms with Crippen LogP contribution in [-0.2, 0) is 0 Å². The minimum absolute atomic E-state index is 0.0696. The number of hydrogen-bond donors (Lipinski definition) is 3. The summed E-state index contributed by atoms with van der Waals surface area (Å²) in [5, 5.41) is 30.0. The molecule has 2 unspecified atom stereocenters. The number of nitrogens with zero attached hydrogens (tertiary/aromatic N) is 6. The summed E-state index contributed by atoms with van der Waals surface area (Å²) in [5.74, 6) is -0.211. The monoisotopic (exact) mass is 567 g/mol. The van der Waals surface area contributed by atoms with E-state index < -0.39 is 6.09 Å². The highest BCUT2D eigenvalue weighted by Gasteiger charge is 2.48. The molecule has 6 rings (SSSR count). The van der Waals surface area contributed by atoms with Crippen molar-refractivity contribution < 1.29 is 19.2 Å². The number of carbonyl (C=O) groups is 2. The van der Waals surface area contributed by atoms with E-state index in [1.54, 1.807) is 16.8 Å². The molecule has 3 N–H and O–H groups in total. The SMILES string of the molecule is CC(C)(C)[N+]1(C(=O)O)CCCC(n2ccc(NC(=O)c3ccc(-n4cc(-c5n[nH]c6ccccc56)nn4)cc3)c2)CC1. The molecule has 42 heavy (non-hydrogen) atoms. The maximum atomic E-state index is 13.0. The van der Waals surface area contributed by atoms with Crippen molar-refractivity contribution in [2.24, 2.45) is 0 Å². The molecule has 0 spiro atoms. The fraction of sp³-hybridized carbons (Fsp3) is 0.323. The minimum Gasteiger partial charge on any atom is -0.435 e. The van der Waals surface area contributed by atoms with Gasteiger partial charge in [0.05, 0.1) is 36.2 Å². The van der Waals surface area contributed by atoms with Gasteiger partial charge in [-0.1, -0.05) is 23.4 Å². The van der Waals surface area contributed by atoms with E-state index in [-0.39, 0.29) is 22.0 Å². The van der Waals surface area contributed by atoms with E-state index in [0.29, 0.717) is 30.0 Å². The maximum Gasteiger partial charge on any atom is 0.513 e. The number of para-hydroxylation sites is 1. The second-order valence-corrected chi connectivity index (χ2v) is 12.0. The third kappa shape index (κ3) is 4.96. The standard InChI is InChI=1S/C31H34N8O3/c1-31(2,3)39(30(41)42)17-6-7-23(15-18-39)37-16-14-22(19-37)32-29(40)21-10-12-24(13-11-21)38-20-27(34-36-38)28-25-8-4-5-9-26(25)33-35-28/h4-5,8-14,16,19-20,23H,6-7,15,17-18H2,1-3H3,(H2-,32,33,35,40,41,42)/p+1. The Morgan fingerprint density at radius 3 is 2.57 bits per heavy atom. The Balaban J connectivity index is 1.11. The van der Waals surface area contributed by atoms with Crippen LogP contribution in [0.1, 0.15) is 56.4 Å². The van der Waals surface area contributed by atoms with Gasteiger partial charge in [-0.05, 0) is 70.0 Å². The van der Waals surface area contributed by atoms with Gasteiger partial charge in [0.15, 0.2) is 0 Å². The molecule has 5 aromatic rings. The number of carbonyl (C=O) groups excluding carboxylic acids is 1. The lowest BCUT2D eigenvalue weighted by Gasteiger charge is -2.43. The molecule has 2 aromatic carbocycles. The fourth-order valence-electron chi connectivity index (χ4n) is 6.01. The van der Waals surface area contributed by atoms with Gasteiger partial charge in [-0.2, -0.15) is 9.89 Å². The zero-order valence-corrected chi connectivity index (χ0v) is 24.0. The number of H-pyrrole nitrogens is 1. The van der Waals surface area contributed by atoms with Crippen molar-refractivity contribution in [3.05, 3.63) is 78.8 Å². The molecule has 216 valence electrons. The van der Waals surface area contributed by atoms with Crippen LogP contribution in [0, 0.1) is 0 Å². The number of nitrogens with one attached hydrogen (secondary N) is 2. The highest BCUT2D eigenvalue weighted by Crippen LogP contribution is 2.34. The third-order valence-electron chi connectivity index (χ3n) is 8.57. The second-order valence-electron chi connectivity index (χ2n) is 12.0. The van der Waals surface area contributed by atoms with Gasteiger partial charge < -0.3 is 15.0 Å². The predicted molar refractivity (Wildman–Crippen MR) is 159 cm³/mol. The molecule has 1 fully saturated rings. The Labute approximate surface area is 243 Å². The van der Waals surface area contributed by atoms with Crippen molar-refractivity contribution in [1.29, 1.82) is 0 Å². The number of likely N-dealkylation sites (tertiary alicyclic amines) is 1. The Morgan fingerprint density at radius 2 is 1.81 bits per heavy atom. The number of aromatic amines is 1. The summed E-state index contributed by atoms with van der Waals surface area (Å²) in [6.07, 6.45) is 7.43. The van der Waals surface area contributed by atoms with Crippen LogP contribution in [0.15, 0.2) is 73.2 Å². The largest absolute Gasteiger partial charge is 0.513 e. The molecule has 0 bridgehead atoms. The van der Waals surface area contributed by atoms with Crippen molar-refractivity contribution in [3.63, 3.8) is 0 Å². The fourth-order valence-corrected chi connectivity index (χ4v) is 6.01. The summed E-state index contributed by atoms with van der Waals surface area (Å²) < 4.78 is 3.83. The van der Waals surface area contributed by atoms with Gasteiger partial charge in [0.25, 0.3) is 5.91 Å². The van der Waals surface area contributed by atoms with Crippen LogP contribution < -0.4 is 5.32 Å². The molecule has 11 heteroatoms. The maximum absolute atomic E-state index is 13.0. The summed E-state index contributed by atoms with van der Waals surface area (Å²) in [7, 11) is 0. The van der Waals surface area contributed by atoms with E-state index in [1.165, 1.54) is 0 Å². The van der Waals surface area contributed by atoms with E-state index in [0.717, 1.165) is 41.5 Å². The van der Waals surface area contributed by atoms with Crippen LogP contribution in [0.5, 0.6) is 0 Å². The first-order chi connectivity index (χ1) is 20.1. The van der Waals surface area contributed by atoms with Crippen molar-refractivity contribution in [1.82, 2.24) is 29.8 Å². The molecule has 3 aromatic heterocycles. The Bertz CT molecular complexity index is 1740. The zero-order chi connectivity index (χ0) is 29.5. The quantitative estimate of drug-likeness (QED) is 0.227. The van der Waals surface area contributed by atoms with Gasteiger partial charge in [-0.15, -0.1) is 5.10 Å². The van der Waals surface area contributed by atoms with Gasteiger partial charge in [-0.25, -0.2) is 9.16 Å². The lowest BCUT2D eigenvalue weighted by atomic mass is 10.0. The van der Waals surface area contributed by atoms with Crippen LogP contribution in [0.3, 0.4) is 0 Å². The normalized spacial score (nSPS) is 19.5. The number of fused-ring (bicyclic) bond motifs is 1. The topological polar surface area (TPSA) is 131 Å². The Morgan fingerprint density at radius 1 is 1.02 bits per heavy atom. The lowest BCUT2D eigenvalue weighted by molar-refractivity contribution is -0.902. The summed E-state index contributed by atoms with van der Waals surface area (Å²) in [5.41, 5.74) is 3.94. The third-order valence-corrected chi connectivity index (χ3v) is 8.57. The van der Waals surface area contributed by atoms with E-state index in [1.807, 2.05) is 81.8 Å². The zero-order valence-electron chi connectivity index (χ0n) is 24.0. The summed E-state index contributed by atoms with van der Waals surface area (Å²) >= 11 is 0. The minimum atomic E-state index is -0.759. The second kappa shape index (κ2) is 10.6. The molecule has 0 aliphatic carbocycles. The highest BCUT2D eigenvalue weighted by molar-refractivity contribution is 6.04. The molecule has 1 saturated heterocycles. The highest BCUT2D eigenvalue weighted by atomic mass is 16.4. The Hall–Kier alpha value is -4.77. The van der Waals surface area contributed by atoms with Gasteiger partial charge in [-0.3, -0.25) is 9.89 Å². The van der Waals surface area contributed by atoms with Crippen LogP contribution in [0.25, 0.3) is 28.0 Å². The van der Waals surface area contributed by atoms with Gasteiger partial charge in [0.1, 0.15) is 16.9 Å². The average Bonchev–Trinajstić information content (AvgIpc) is 3.69. The number of carboxylic acid groups (broad SMARTS) is 1. The summed E-state index contributed by atoms with van der Waals surface area (Å²) in [6.45, 7) is 7.20. The van der Waals surface area contributed by atoms with Crippen molar-refractivity contribution in [2.75, 3.05) is 18.4 Å². The van der Waals surface area contributed by atoms with Gasteiger partial charge >= 0.3 is 6.09 Å². The number of anilines is 1. The van der Waals surface area contributed by atoms with Crippen LogP contribution in [-0.4, -0.2) is 70.0 Å². The molecule has 2 atom stereocenters. The molecule has 4 heterocycles. The smallest absolute Gasteiger partial charge is 0.435 e. The summed E-state index contributed by atoms with van der Waals surface area (Å²) in [4.78, 5) is 25.3. The van der Waals surface area contributed by atoms with E-state index in [4.69, 9.17) is 0 Å². The van der Waals surface area contributed by atoms with Gasteiger partial charge in [0.2, 0.25) is 0 Å². The molecule has 0 radical (unpaired) electrons. The van der Waals surface area contributed by atoms with E-state index in [2.05, 4.69) is 30.4 Å². The number of benzene rings is 2. The predicted octanol–water partition coefficient (Wildman–Crippen LogP) is 5.88. The molecule has 11 nitrogen and oxygen atoms in total. The number of amides is 2. The molecular weight excluding hydrogens is 532 g/mol. The van der Waals surface area contributed by atoms with Crippen LogP contribution >= 0.6 is 0 Å². The number of rotatable bonds is 5. The number of hydrogen-bond acceptors (Lipinski definition) is 5. The Kier molecular flexibility index (Phi) is 6.90. The molecule has 0 saturated carbocycles. The van der Waals surface area contributed by atoms with E-state index in [9.17, 15) is 14.7 Å². The first kappa shape index (κ1) is 27.4. The van der Waals surface area contributed by atoms with Crippen molar-refractivity contribution in [3.8, 4) is 17.1 Å². The lowest BCUT2D eigenvalue weighted by Crippen LogP contribution is -2.63. The van der Waals surface area contributed by atoms with Gasteiger partial charge in [0, 0.05) is 35.8 Å². The molecular formula is C31H35N8O3+. The molecule has 1 aliphatic heterocycles. The van der Waals surface area contributed by atoms with E-state index >= 15 is 0 Å². The van der Waals surface area contributed by atoms with Crippen LogP contribution in [0.2, 0.25) is 0 Å². The summed E-state index contributed by atoms with van der Waals surface area (Å²) in [6, 6.07) is 17.1.